The van der Waals surface area contributed by atoms with Gasteiger partial charge in [-0.25, -0.2) is 4.39 Å². The van der Waals surface area contributed by atoms with Gasteiger partial charge in [-0.1, -0.05) is 24.3 Å². The van der Waals surface area contributed by atoms with Crippen molar-refractivity contribution < 1.29 is 9.18 Å². The summed E-state index contributed by atoms with van der Waals surface area (Å²) in [5.41, 5.74) is 7.87. The van der Waals surface area contributed by atoms with Crippen molar-refractivity contribution in [2.24, 2.45) is 0 Å². The van der Waals surface area contributed by atoms with Crippen molar-refractivity contribution >= 4 is 11.5 Å². The van der Waals surface area contributed by atoms with Gasteiger partial charge in [0.05, 0.1) is 6.54 Å². The molecule has 0 saturated heterocycles. The smallest absolute Gasteiger partial charge is 0.176 e. The van der Waals surface area contributed by atoms with Gasteiger partial charge in [-0.3, -0.25) is 4.79 Å². The van der Waals surface area contributed by atoms with Crippen LogP contribution in [0.4, 0.5) is 10.1 Å². The number of rotatable bonds is 6. The van der Waals surface area contributed by atoms with Crippen LogP contribution in [0.25, 0.3) is 0 Å². The lowest BCUT2D eigenvalue weighted by molar-refractivity contribution is 0.0991. The maximum absolute atomic E-state index is 12.7. The van der Waals surface area contributed by atoms with E-state index in [4.69, 9.17) is 5.73 Å². The Morgan fingerprint density at radius 2 is 1.90 bits per heavy atom. The number of carbonyl (C=O) groups is 1. The topological polar surface area (TPSA) is 55.1 Å². The van der Waals surface area contributed by atoms with Gasteiger partial charge in [0.1, 0.15) is 5.82 Å². The first kappa shape index (κ1) is 14.2. The monoisotopic (exact) mass is 272 g/mol. The van der Waals surface area contributed by atoms with Gasteiger partial charge in [-0.15, -0.1) is 0 Å². The third-order valence-corrected chi connectivity index (χ3v) is 3.00. The molecule has 3 nitrogen and oxygen atoms in total. The number of carbonyl (C=O) groups excluding carboxylic acids is 1. The minimum atomic E-state index is -0.237. The second kappa shape index (κ2) is 6.82. The van der Waals surface area contributed by atoms with E-state index in [-0.39, 0.29) is 18.1 Å². The van der Waals surface area contributed by atoms with E-state index in [0.717, 1.165) is 12.0 Å². The quantitative estimate of drug-likeness (QED) is 0.482. The fraction of sp³-hybridized carbons (Fsp3) is 0.188. The molecule has 104 valence electrons. The highest BCUT2D eigenvalue weighted by Crippen LogP contribution is 2.07. The molecule has 0 aliphatic rings. The number of hydrogen-bond donors (Lipinski definition) is 2. The number of anilines is 1. The molecule has 0 saturated carbocycles. The van der Waals surface area contributed by atoms with Gasteiger partial charge >= 0.3 is 0 Å². The van der Waals surface area contributed by atoms with Crippen LogP contribution in [0.5, 0.6) is 0 Å². The normalized spacial score (nSPS) is 10.4. The molecule has 0 aliphatic carbocycles. The number of ketones is 1. The van der Waals surface area contributed by atoms with Gasteiger partial charge in [0.25, 0.3) is 0 Å². The number of nitrogens with two attached hydrogens (primary N) is 1. The zero-order valence-corrected chi connectivity index (χ0v) is 11.1. The summed E-state index contributed by atoms with van der Waals surface area (Å²) in [4.78, 5) is 11.9. The molecule has 0 aliphatic heterocycles. The SMILES string of the molecule is Nc1cccc(C(=O)CNCCc2ccc(F)cc2)c1. The van der Waals surface area contributed by atoms with Crippen molar-refractivity contribution in [3.63, 3.8) is 0 Å². The molecule has 0 unspecified atom stereocenters. The van der Waals surface area contributed by atoms with Crippen molar-refractivity contribution in [1.29, 1.82) is 0 Å². The van der Waals surface area contributed by atoms with E-state index in [0.29, 0.717) is 17.8 Å². The molecule has 0 atom stereocenters. The minimum absolute atomic E-state index is 0.0106. The Balaban J connectivity index is 1.76. The molecule has 2 aromatic rings. The first-order chi connectivity index (χ1) is 9.65. The lowest BCUT2D eigenvalue weighted by Gasteiger charge is -2.05. The average molecular weight is 272 g/mol. The van der Waals surface area contributed by atoms with Crippen molar-refractivity contribution in [1.82, 2.24) is 5.32 Å². The van der Waals surface area contributed by atoms with Gasteiger partial charge in [0, 0.05) is 11.3 Å². The molecule has 0 radical (unpaired) electrons. The van der Waals surface area contributed by atoms with E-state index in [1.165, 1.54) is 12.1 Å². The zero-order chi connectivity index (χ0) is 14.4. The van der Waals surface area contributed by atoms with Crippen LogP contribution in [-0.4, -0.2) is 18.9 Å². The molecule has 0 amide bonds. The molecule has 20 heavy (non-hydrogen) atoms. The van der Waals surface area contributed by atoms with Crippen molar-refractivity contribution in [3.05, 3.63) is 65.5 Å². The second-order valence-corrected chi connectivity index (χ2v) is 4.60. The summed E-state index contributed by atoms with van der Waals surface area (Å²) in [5, 5.41) is 3.08. The molecule has 0 heterocycles. The third-order valence-electron chi connectivity index (χ3n) is 3.00. The number of hydrogen-bond acceptors (Lipinski definition) is 3. The van der Waals surface area contributed by atoms with E-state index in [9.17, 15) is 9.18 Å². The highest BCUT2D eigenvalue weighted by molar-refractivity contribution is 5.98. The Hall–Kier alpha value is -2.20. The zero-order valence-electron chi connectivity index (χ0n) is 11.1. The largest absolute Gasteiger partial charge is 0.399 e. The third kappa shape index (κ3) is 4.17. The highest BCUT2D eigenvalue weighted by Gasteiger charge is 2.05. The van der Waals surface area contributed by atoms with E-state index < -0.39 is 0 Å². The number of benzene rings is 2. The molecular formula is C16H17FN2O. The maximum Gasteiger partial charge on any atom is 0.176 e. The summed E-state index contributed by atoms with van der Waals surface area (Å²) in [6.07, 6.45) is 0.754. The Labute approximate surface area is 117 Å². The van der Waals surface area contributed by atoms with Gasteiger partial charge in [0.15, 0.2) is 5.78 Å². The Kier molecular flexibility index (Phi) is 4.85. The van der Waals surface area contributed by atoms with Crippen LogP contribution in [0.15, 0.2) is 48.5 Å². The summed E-state index contributed by atoms with van der Waals surface area (Å²) in [6, 6.07) is 13.3. The Bertz CT molecular complexity index is 581. The summed E-state index contributed by atoms with van der Waals surface area (Å²) in [6.45, 7) is 0.935. The molecule has 0 bridgehead atoms. The first-order valence-corrected chi connectivity index (χ1v) is 6.49. The second-order valence-electron chi connectivity index (χ2n) is 4.60. The lowest BCUT2D eigenvalue weighted by atomic mass is 10.1. The maximum atomic E-state index is 12.7. The van der Waals surface area contributed by atoms with E-state index >= 15 is 0 Å². The van der Waals surface area contributed by atoms with Crippen LogP contribution in [0.3, 0.4) is 0 Å². The predicted octanol–water partition coefficient (Wildman–Crippen LogP) is 2.42. The molecule has 3 N–H and O–H groups in total. The summed E-state index contributed by atoms with van der Waals surface area (Å²) in [5.74, 6) is -0.227. The molecule has 2 aromatic carbocycles. The van der Waals surface area contributed by atoms with Crippen LogP contribution >= 0.6 is 0 Å². The molecule has 4 heteroatoms. The van der Waals surface area contributed by atoms with Gasteiger partial charge in [-0.05, 0) is 42.8 Å². The van der Waals surface area contributed by atoms with Crippen molar-refractivity contribution in [2.75, 3.05) is 18.8 Å². The van der Waals surface area contributed by atoms with Gasteiger partial charge < -0.3 is 11.1 Å². The first-order valence-electron chi connectivity index (χ1n) is 6.49. The number of Topliss-reactive ketones (excluding diaryl/α,β-unsaturated/α-hetero) is 1. The van der Waals surface area contributed by atoms with E-state index in [1.54, 1.807) is 36.4 Å². The van der Waals surface area contributed by atoms with Crippen LogP contribution < -0.4 is 11.1 Å². The number of nitrogen functional groups attached to an aromatic ring is 1. The van der Waals surface area contributed by atoms with Crippen LogP contribution in [0.1, 0.15) is 15.9 Å². The highest BCUT2D eigenvalue weighted by atomic mass is 19.1. The molecule has 0 spiro atoms. The number of nitrogens with one attached hydrogen (secondary N) is 1. The fourth-order valence-electron chi connectivity index (χ4n) is 1.90. The summed E-state index contributed by atoms with van der Waals surface area (Å²) in [7, 11) is 0. The fourth-order valence-corrected chi connectivity index (χ4v) is 1.90. The van der Waals surface area contributed by atoms with Crippen molar-refractivity contribution in [3.8, 4) is 0 Å². The molecule has 0 aromatic heterocycles. The average Bonchev–Trinajstić information content (AvgIpc) is 2.45. The van der Waals surface area contributed by atoms with Crippen LogP contribution in [0.2, 0.25) is 0 Å². The van der Waals surface area contributed by atoms with Gasteiger partial charge in [0.2, 0.25) is 0 Å². The summed E-state index contributed by atoms with van der Waals surface area (Å²) >= 11 is 0. The van der Waals surface area contributed by atoms with E-state index in [2.05, 4.69) is 5.32 Å². The van der Waals surface area contributed by atoms with E-state index in [1.807, 2.05) is 0 Å². The van der Waals surface area contributed by atoms with Crippen LogP contribution in [0, 0.1) is 5.82 Å². The van der Waals surface area contributed by atoms with Gasteiger partial charge in [-0.2, -0.15) is 0 Å². The minimum Gasteiger partial charge on any atom is -0.399 e. The predicted molar refractivity (Wildman–Crippen MR) is 78.2 cm³/mol. The molecular weight excluding hydrogens is 255 g/mol. The Morgan fingerprint density at radius 1 is 1.15 bits per heavy atom. The molecule has 0 fully saturated rings. The molecule has 2 rings (SSSR count). The van der Waals surface area contributed by atoms with Crippen LogP contribution in [-0.2, 0) is 6.42 Å². The number of halogens is 1. The standard InChI is InChI=1S/C16H17FN2O/c17-14-6-4-12(5-7-14)8-9-19-11-16(20)13-2-1-3-15(18)10-13/h1-7,10,19H,8-9,11,18H2. The van der Waals surface area contributed by atoms with Crippen molar-refractivity contribution in [2.45, 2.75) is 6.42 Å². The lowest BCUT2D eigenvalue weighted by Crippen LogP contribution is -2.25. The Morgan fingerprint density at radius 3 is 2.60 bits per heavy atom. The summed E-state index contributed by atoms with van der Waals surface area (Å²) < 4.78 is 12.7.